The van der Waals surface area contributed by atoms with Crippen molar-refractivity contribution in [2.45, 2.75) is 12.1 Å². The Morgan fingerprint density at radius 1 is 1.12 bits per heavy atom. The van der Waals surface area contributed by atoms with E-state index in [0.717, 1.165) is 11.1 Å². The Morgan fingerprint density at radius 3 is 2.52 bits per heavy atom. The SMILES string of the molecule is O=C(O)c1cc(N=NC2(O)C=CC(c3ccccc3)=CC2)ccc1O. The minimum atomic E-state index is -1.49. The summed E-state index contributed by atoms with van der Waals surface area (Å²) in [6.45, 7) is 0. The fourth-order valence-corrected chi connectivity index (χ4v) is 2.44. The number of allylic oxidation sites excluding steroid dienone is 2. The number of rotatable bonds is 4. The Kier molecular flexibility index (Phi) is 4.45. The number of nitrogens with zero attached hydrogens (tertiary/aromatic N) is 2. The summed E-state index contributed by atoms with van der Waals surface area (Å²) < 4.78 is 0. The van der Waals surface area contributed by atoms with Crippen molar-refractivity contribution in [3.63, 3.8) is 0 Å². The zero-order valence-electron chi connectivity index (χ0n) is 13.2. The Morgan fingerprint density at radius 2 is 1.88 bits per heavy atom. The Hall–Kier alpha value is -3.25. The van der Waals surface area contributed by atoms with E-state index >= 15 is 0 Å². The standard InChI is InChI=1S/C19H16N2O4/c22-17-7-6-15(12-16(17)18(23)24)20-21-19(25)10-8-14(9-11-19)13-4-2-1-3-5-13/h1-10,12,22,25H,11H2,(H,23,24). The number of benzene rings is 2. The van der Waals surface area contributed by atoms with Gasteiger partial charge in [-0.15, -0.1) is 5.11 Å². The van der Waals surface area contributed by atoms with Gasteiger partial charge >= 0.3 is 5.97 Å². The topological polar surface area (TPSA) is 102 Å². The monoisotopic (exact) mass is 336 g/mol. The van der Waals surface area contributed by atoms with Crippen molar-refractivity contribution in [3.05, 3.63) is 77.9 Å². The van der Waals surface area contributed by atoms with Crippen LogP contribution in [0.2, 0.25) is 0 Å². The van der Waals surface area contributed by atoms with Gasteiger partial charge in [-0.05, 0) is 35.4 Å². The van der Waals surface area contributed by atoms with Crippen LogP contribution in [-0.4, -0.2) is 27.0 Å². The van der Waals surface area contributed by atoms with Gasteiger partial charge in [0.25, 0.3) is 0 Å². The second-order valence-corrected chi connectivity index (χ2v) is 5.65. The van der Waals surface area contributed by atoms with Crippen LogP contribution >= 0.6 is 0 Å². The highest BCUT2D eigenvalue weighted by atomic mass is 16.4. The van der Waals surface area contributed by atoms with E-state index in [1.165, 1.54) is 18.2 Å². The number of hydrogen-bond donors (Lipinski definition) is 3. The quantitative estimate of drug-likeness (QED) is 0.737. The number of azo groups is 1. The lowest BCUT2D eigenvalue weighted by Crippen LogP contribution is -2.23. The summed E-state index contributed by atoms with van der Waals surface area (Å²) in [4.78, 5) is 11.0. The highest BCUT2D eigenvalue weighted by Gasteiger charge is 2.25. The molecule has 3 rings (SSSR count). The molecule has 0 heterocycles. The zero-order chi connectivity index (χ0) is 17.9. The summed E-state index contributed by atoms with van der Waals surface area (Å²) in [5.74, 6) is -1.61. The largest absolute Gasteiger partial charge is 0.507 e. The van der Waals surface area contributed by atoms with Gasteiger partial charge in [0.05, 0.1) is 5.69 Å². The van der Waals surface area contributed by atoms with Gasteiger partial charge in [-0.2, -0.15) is 5.11 Å². The zero-order valence-corrected chi connectivity index (χ0v) is 13.2. The van der Waals surface area contributed by atoms with Gasteiger partial charge in [0.2, 0.25) is 0 Å². The molecule has 0 saturated carbocycles. The van der Waals surface area contributed by atoms with Gasteiger partial charge in [-0.3, -0.25) is 0 Å². The number of carbonyl (C=O) groups is 1. The summed E-state index contributed by atoms with van der Waals surface area (Å²) in [5.41, 5.74) is 0.504. The third kappa shape index (κ3) is 3.81. The number of hydrogen-bond acceptors (Lipinski definition) is 5. The fourth-order valence-electron chi connectivity index (χ4n) is 2.44. The van der Waals surface area contributed by atoms with E-state index in [1.807, 2.05) is 36.4 Å². The number of carboxylic acid groups (broad SMARTS) is 1. The van der Waals surface area contributed by atoms with Crippen LogP contribution in [0.5, 0.6) is 5.75 Å². The van der Waals surface area contributed by atoms with E-state index in [9.17, 15) is 15.0 Å². The molecule has 2 aromatic rings. The highest BCUT2D eigenvalue weighted by Crippen LogP contribution is 2.30. The van der Waals surface area contributed by atoms with Crippen LogP contribution in [0.25, 0.3) is 5.57 Å². The summed E-state index contributed by atoms with van der Waals surface area (Å²) in [7, 11) is 0. The normalized spacial score (nSPS) is 19.8. The number of aliphatic hydroxyl groups is 1. The molecule has 0 spiro atoms. The first-order chi connectivity index (χ1) is 12.0. The second kappa shape index (κ2) is 6.70. The first-order valence-electron chi connectivity index (χ1n) is 7.63. The van der Waals surface area contributed by atoms with Crippen molar-refractivity contribution < 1.29 is 20.1 Å². The molecule has 25 heavy (non-hydrogen) atoms. The summed E-state index contributed by atoms with van der Waals surface area (Å²) in [5, 5.41) is 36.8. The van der Waals surface area contributed by atoms with Crippen molar-refractivity contribution in [2.75, 3.05) is 0 Å². The maximum atomic E-state index is 11.0. The molecule has 2 aromatic carbocycles. The molecule has 0 aliphatic heterocycles. The van der Waals surface area contributed by atoms with Crippen LogP contribution in [0.15, 0.2) is 77.0 Å². The van der Waals surface area contributed by atoms with Crippen LogP contribution in [0.4, 0.5) is 5.69 Å². The minimum absolute atomic E-state index is 0.231. The van der Waals surface area contributed by atoms with Crippen LogP contribution < -0.4 is 0 Å². The van der Waals surface area contributed by atoms with Crippen molar-refractivity contribution in [1.82, 2.24) is 0 Å². The molecule has 0 saturated heterocycles. The fraction of sp³-hybridized carbons (Fsp3) is 0.105. The van der Waals surface area contributed by atoms with E-state index in [2.05, 4.69) is 10.2 Å². The smallest absolute Gasteiger partial charge is 0.339 e. The second-order valence-electron chi connectivity index (χ2n) is 5.65. The molecule has 0 fully saturated rings. The van der Waals surface area contributed by atoms with E-state index in [4.69, 9.17) is 5.11 Å². The van der Waals surface area contributed by atoms with Gasteiger partial charge in [0.15, 0.2) is 5.72 Å². The molecule has 0 bridgehead atoms. The number of aromatic hydroxyl groups is 1. The van der Waals surface area contributed by atoms with E-state index in [-0.39, 0.29) is 23.4 Å². The number of phenols is 1. The highest BCUT2D eigenvalue weighted by molar-refractivity contribution is 5.91. The predicted octanol–water partition coefficient (Wildman–Crippen LogP) is 3.91. The molecule has 1 atom stereocenters. The Balaban J connectivity index is 1.77. The van der Waals surface area contributed by atoms with Crippen LogP contribution in [0, 0.1) is 0 Å². The van der Waals surface area contributed by atoms with Crippen LogP contribution in [0.3, 0.4) is 0 Å². The number of carboxylic acids is 1. The molecule has 0 radical (unpaired) electrons. The maximum absolute atomic E-state index is 11.0. The van der Waals surface area contributed by atoms with Gasteiger partial charge in [0, 0.05) is 6.42 Å². The predicted molar refractivity (Wildman–Crippen MR) is 92.7 cm³/mol. The van der Waals surface area contributed by atoms with Crippen molar-refractivity contribution in [1.29, 1.82) is 0 Å². The summed E-state index contributed by atoms with van der Waals surface area (Å²) >= 11 is 0. The van der Waals surface area contributed by atoms with Crippen LogP contribution in [0.1, 0.15) is 22.3 Å². The third-order valence-electron chi connectivity index (χ3n) is 3.81. The maximum Gasteiger partial charge on any atom is 0.339 e. The van der Waals surface area contributed by atoms with Crippen molar-refractivity contribution >= 4 is 17.2 Å². The molecule has 1 aliphatic carbocycles. The first kappa shape index (κ1) is 16.6. The summed E-state index contributed by atoms with van der Waals surface area (Å²) in [6.07, 6.45) is 5.45. The average molecular weight is 336 g/mol. The lowest BCUT2D eigenvalue weighted by atomic mass is 9.95. The molecule has 6 heteroatoms. The Bertz CT molecular complexity index is 888. The molecule has 1 aliphatic rings. The molecule has 6 nitrogen and oxygen atoms in total. The Labute approximate surface area is 144 Å². The van der Waals surface area contributed by atoms with Gasteiger partial charge < -0.3 is 15.3 Å². The molecular formula is C19H16N2O4. The molecule has 1 unspecified atom stereocenters. The van der Waals surface area contributed by atoms with Gasteiger partial charge in [0.1, 0.15) is 11.3 Å². The third-order valence-corrected chi connectivity index (χ3v) is 3.81. The molecule has 0 aromatic heterocycles. The minimum Gasteiger partial charge on any atom is -0.507 e. The van der Waals surface area contributed by atoms with Gasteiger partial charge in [-0.25, -0.2) is 4.79 Å². The number of aromatic carboxylic acids is 1. The first-order valence-corrected chi connectivity index (χ1v) is 7.63. The average Bonchev–Trinajstić information content (AvgIpc) is 2.62. The lowest BCUT2D eigenvalue weighted by Gasteiger charge is -2.21. The molecule has 126 valence electrons. The molecule has 0 amide bonds. The van der Waals surface area contributed by atoms with E-state index < -0.39 is 11.7 Å². The molecular weight excluding hydrogens is 320 g/mol. The van der Waals surface area contributed by atoms with Crippen LogP contribution in [-0.2, 0) is 0 Å². The lowest BCUT2D eigenvalue weighted by molar-refractivity contribution is 0.0693. The van der Waals surface area contributed by atoms with Crippen molar-refractivity contribution in [2.24, 2.45) is 10.2 Å². The van der Waals surface area contributed by atoms with Gasteiger partial charge in [-0.1, -0.05) is 42.5 Å². The van der Waals surface area contributed by atoms with E-state index in [1.54, 1.807) is 12.2 Å². The molecule has 3 N–H and O–H groups in total. The summed E-state index contributed by atoms with van der Waals surface area (Å²) in [6, 6.07) is 13.6. The van der Waals surface area contributed by atoms with E-state index in [0.29, 0.717) is 0 Å². The van der Waals surface area contributed by atoms with Crippen molar-refractivity contribution in [3.8, 4) is 5.75 Å².